The summed E-state index contributed by atoms with van der Waals surface area (Å²) in [5.74, 6) is 0. The largest absolute Gasteiger partial charge is 0.347 e. The molecule has 2 aromatic rings. The molecule has 6 nitrogen and oxygen atoms in total. The summed E-state index contributed by atoms with van der Waals surface area (Å²) in [5.41, 5.74) is 1.67. The van der Waals surface area contributed by atoms with E-state index in [1.54, 1.807) is 24.4 Å². The number of imidazole rings is 1. The Bertz CT molecular complexity index is 653. The predicted molar refractivity (Wildman–Crippen MR) is 81.1 cm³/mol. The summed E-state index contributed by atoms with van der Waals surface area (Å²) in [6.07, 6.45) is 4.15. The van der Waals surface area contributed by atoms with E-state index in [1.165, 1.54) is 6.33 Å². The van der Waals surface area contributed by atoms with Gasteiger partial charge in [0.25, 0.3) is 0 Å². The van der Waals surface area contributed by atoms with Crippen molar-refractivity contribution in [1.29, 1.82) is 0 Å². The van der Waals surface area contributed by atoms with Crippen molar-refractivity contribution in [2.24, 2.45) is 0 Å². The SMILES string of the molecule is CCCNCc1cccc(S(=O)(=O)NCc2cnc[nH]2)c1. The smallest absolute Gasteiger partial charge is 0.240 e. The first-order valence-corrected chi connectivity index (χ1v) is 8.36. The van der Waals surface area contributed by atoms with E-state index in [1.807, 2.05) is 6.07 Å². The average Bonchev–Trinajstić information content (AvgIpc) is 2.99. The number of aromatic nitrogens is 2. The van der Waals surface area contributed by atoms with Gasteiger partial charge in [0.1, 0.15) is 0 Å². The van der Waals surface area contributed by atoms with Gasteiger partial charge in [-0.15, -0.1) is 0 Å². The fourth-order valence-electron chi connectivity index (χ4n) is 1.87. The van der Waals surface area contributed by atoms with Crippen LogP contribution in [0.3, 0.4) is 0 Å². The van der Waals surface area contributed by atoms with E-state index >= 15 is 0 Å². The van der Waals surface area contributed by atoms with E-state index in [2.05, 4.69) is 26.9 Å². The monoisotopic (exact) mass is 308 g/mol. The molecule has 0 bridgehead atoms. The summed E-state index contributed by atoms with van der Waals surface area (Å²) in [6, 6.07) is 6.96. The van der Waals surface area contributed by atoms with Crippen molar-refractivity contribution in [3.8, 4) is 0 Å². The fourth-order valence-corrected chi connectivity index (χ4v) is 2.95. The van der Waals surface area contributed by atoms with E-state index < -0.39 is 10.0 Å². The summed E-state index contributed by atoms with van der Waals surface area (Å²) in [6.45, 7) is 3.86. The van der Waals surface area contributed by atoms with Crippen LogP contribution in [0.25, 0.3) is 0 Å². The first-order chi connectivity index (χ1) is 10.1. The summed E-state index contributed by atoms with van der Waals surface area (Å²) >= 11 is 0. The number of benzene rings is 1. The molecule has 0 atom stereocenters. The Labute approximate surface area is 125 Å². The third-order valence-electron chi connectivity index (χ3n) is 2.97. The molecular formula is C14H20N4O2S. The summed E-state index contributed by atoms with van der Waals surface area (Å²) in [7, 11) is -3.52. The Balaban J connectivity index is 2.03. The van der Waals surface area contributed by atoms with Crippen molar-refractivity contribution in [1.82, 2.24) is 20.0 Å². The second-order valence-corrected chi connectivity index (χ2v) is 6.49. The highest BCUT2D eigenvalue weighted by molar-refractivity contribution is 7.89. The number of sulfonamides is 1. The Morgan fingerprint density at radius 3 is 2.86 bits per heavy atom. The van der Waals surface area contributed by atoms with Gasteiger partial charge >= 0.3 is 0 Å². The van der Waals surface area contributed by atoms with Crippen LogP contribution >= 0.6 is 0 Å². The maximum Gasteiger partial charge on any atom is 0.240 e. The van der Waals surface area contributed by atoms with Crippen molar-refractivity contribution in [3.05, 3.63) is 48.0 Å². The van der Waals surface area contributed by atoms with Crippen molar-refractivity contribution >= 4 is 10.0 Å². The van der Waals surface area contributed by atoms with Crippen molar-refractivity contribution in [2.45, 2.75) is 31.3 Å². The molecule has 0 saturated carbocycles. The van der Waals surface area contributed by atoms with E-state index in [0.717, 1.165) is 24.2 Å². The maximum absolute atomic E-state index is 12.2. The van der Waals surface area contributed by atoms with Gasteiger partial charge in [0.05, 0.1) is 17.8 Å². The predicted octanol–water partition coefficient (Wildman–Crippen LogP) is 1.39. The fraction of sp³-hybridized carbons (Fsp3) is 0.357. The molecule has 3 N–H and O–H groups in total. The number of nitrogens with one attached hydrogen (secondary N) is 3. The minimum Gasteiger partial charge on any atom is -0.347 e. The van der Waals surface area contributed by atoms with Crippen LogP contribution in [0.4, 0.5) is 0 Å². The summed E-state index contributed by atoms with van der Waals surface area (Å²) in [5, 5.41) is 3.26. The number of nitrogens with zero attached hydrogens (tertiary/aromatic N) is 1. The van der Waals surface area contributed by atoms with E-state index in [4.69, 9.17) is 0 Å². The highest BCUT2D eigenvalue weighted by Gasteiger charge is 2.14. The third kappa shape index (κ3) is 4.66. The normalized spacial score (nSPS) is 11.7. The lowest BCUT2D eigenvalue weighted by atomic mass is 10.2. The zero-order valence-electron chi connectivity index (χ0n) is 12.0. The molecule has 0 saturated heterocycles. The highest BCUT2D eigenvalue weighted by Crippen LogP contribution is 2.12. The van der Waals surface area contributed by atoms with Gasteiger partial charge < -0.3 is 10.3 Å². The molecular weight excluding hydrogens is 288 g/mol. The zero-order valence-corrected chi connectivity index (χ0v) is 12.8. The van der Waals surface area contributed by atoms with Crippen molar-refractivity contribution in [3.63, 3.8) is 0 Å². The Kier molecular flexibility index (Phi) is 5.49. The molecule has 1 aromatic carbocycles. The number of aromatic amines is 1. The van der Waals surface area contributed by atoms with Gasteiger partial charge in [-0.2, -0.15) is 0 Å². The van der Waals surface area contributed by atoms with Gasteiger partial charge in [-0.05, 0) is 30.7 Å². The molecule has 21 heavy (non-hydrogen) atoms. The third-order valence-corrected chi connectivity index (χ3v) is 4.37. The van der Waals surface area contributed by atoms with Gasteiger partial charge in [-0.25, -0.2) is 18.1 Å². The second kappa shape index (κ2) is 7.35. The molecule has 1 heterocycles. The lowest BCUT2D eigenvalue weighted by Gasteiger charge is -2.08. The van der Waals surface area contributed by atoms with Crippen LogP contribution in [0, 0.1) is 0 Å². The number of H-pyrrole nitrogens is 1. The van der Waals surface area contributed by atoms with Crippen LogP contribution in [0.2, 0.25) is 0 Å². The van der Waals surface area contributed by atoms with Crippen molar-refractivity contribution in [2.75, 3.05) is 6.54 Å². The van der Waals surface area contributed by atoms with Gasteiger partial charge in [-0.3, -0.25) is 0 Å². The summed E-state index contributed by atoms with van der Waals surface area (Å²) in [4.78, 5) is 6.99. The topological polar surface area (TPSA) is 86.9 Å². The van der Waals surface area contributed by atoms with Gasteiger partial charge in [0.15, 0.2) is 0 Å². The molecule has 0 aliphatic rings. The van der Waals surface area contributed by atoms with Crippen LogP contribution in [0.5, 0.6) is 0 Å². The molecule has 0 spiro atoms. The molecule has 0 radical (unpaired) electrons. The van der Waals surface area contributed by atoms with Crippen LogP contribution in [0.15, 0.2) is 41.7 Å². The maximum atomic E-state index is 12.2. The molecule has 0 fully saturated rings. The van der Waals surface area contributed by atoms with Gasteiger partial charge in [0, 0.05) is 18.4 Å². The first kappa shape index (κ1) is 15.7. The van der Waals surface area contributed by atoms with Crippen molar-refractivity contribution < 1.29 is 8.42 Å². The van der Waals surface area contributed by atoms with E-state index in [9.17, 15) is 8.42 Å². The first-order valence-electron chi connectivity index (χ1n) is 6.88. The molecule has 7 heteroatoms. The minimum atomic E-state index is -3.52. The molecule has 0 unspecified atom stereocenters. The van der Waals surface area contributed by atoms with Crippen LogP contribution in [-0.4, -0.2) is 24.9 Å². The molecule has 0 aliphatic carbocycles. The molecule has 0 aliphatic heterocycles. The highest BCUT2D eigenvalue weighted by atomic mass is 32.2. The Hall–Kier alpha value is -1.70. The van der Waals surface area contributed by atoms with Crippen LogP contribution < -0.4 is 10.0 Å². The number of rotatable bonds is 8. The Morgan fingerprint density at radius 2 is 2.14 bits per heavy atom. The number of hydrogen-bond acceptors (Lipinski definition) is 4. The van der Waals surface area contributed by atoms with E-state index in [-0.39, 0.29) is 11.4 Å². The lowest BCUT2D eigenvalue weighted by molar-refractivity contribution is 0.580. The zero-order chi connectivity index (χ0) is 15.1. The molecule has 114 valence electrons. The average molecular weight is 308 g/mol. The molecule has 0 amide bonds. The minimum absolute atomic E-state index is 0.195. The van der Waals surface area contributed by atoms with Crippen LogP contribution in [0.1, 0.15) is 24.6 Å². The van der Waals surface area contributed by atoms with E-state index in [0.29, 0.717) is 6.54 Å². The standard InChI is InChI=1S/C14H20N4O2S/c1-2-6-15-8-12-4-3-5-14(7-12)21(19,20)18-10-13-9-16-11-17-13/h3-5,7,9,11,15,18H,2,6,8,10H2,1H3,(H,16,17). The van der Waals surface area contributed by atoms with Gasteiger partial charge in [-0.1, -0.05) is 19.1 Å². The molecule has 1 aromatic heterocycles. The second-order valence-electron chi connectivity index (χ2n) is 4.73. The quantitative estimate of drug-likeness (QED) is 0.643. The Morgan fingerprint density at radius 1 is 1.29 bits per heavy atom. The van der Waals surface area contributed by atoms with Gasteiger partial charge in [0.2, 0.25) is 10.0 Å². The number of hydrogen-bond donors (Lipinski definition) is 3. The molecule has 2 rings (SSSR count). The van der Waals surface area contributed by atoms with Crippen LogP contribution in [-0.2, 0) is 23.1 Å². The summed E-state index contributed by atoms with van der Waals surface area (Å²) < 4.78 is 27.0. The lowest BCUT2D eigenvalue weighted by Crippen LogP contribution is -2.23.